The van der Waals surface area contributed by atoms with Crippen molar-refractivity contribution in [2.45, 2.75) is 0 Å². The quantitative estimate of drug-likeness (QED) is 0.526. The lowest BCUT2D eigenvalue weighted by molar-refractivity contribution is 0.0902. The number of hydrogen-bond acceptors (Lipinski definition) is 4. The second kappa shape index (κ2) is 7.10. The van der Waals surface area contributed by atoms with Gasteiger partial charge in [0, 0.05) is 35.9 Å². The number of nitrogens with zero attached hydrogens (tertiary/aromatic N) is 1. The zero-order valence-corrected chi connectivity index (χ0v) is 12.5. The predicted molar refractivity (Wildman–Crippen MR) is 84.4 cm³/mol. The van der Waals surface area contributed by atoms with Crippen LogP contribution in [-0.4, -0.2) is 56.2 Å². The number of benzene rings is 1. The molecule has 6 heteroatoms. The van der Waals surface area contributed by atoms with Crippen LogP contribution in [0.4, 0.5) is 5.69 Å². The third-order valence-electron chi connectivity index (χ3n) is 3.17. The van der Waals surface area contributed by atoms with Gasteiger partial charge in [-0.3, -0.25) is 4.79 Å². The smallest absolute Gasteiger partial charge is 0.253 e. The normalized spacial score (nSPS) is 11.2. The molecule has 1 heterocycles. The molecule has 0 saturated heterocycles. The van der Waals surface area contributed by atoms with E-state index in [9.17, 15) is 4.79 Å². The molecule has 2 aromatic rings. The first-order chi connectivity index (χ1) is 10.1. The van der Waals surface area contributed by atoms with E-state index in [1.54, 1.807) is 18.3 Å². The zero-order chi connectivity index (χ0) is 15.2. The average molecular weight is 290 g/mol. The number of fused-ring (bicyclic) bond motifs is 1. The molecule has 1 aromatic heterocycles. The first-order valence-corrected chi connectivity index (χ1v) is 6.95. The maximum absolute atomic E-state index is 12.1. The Morgan fingerprint density at radius 2 is 2.19 bits per heavy atom. The summed E-state index contributed by atoms with van der Waals surface area (Å²) in [5.74, 6) is -0.122. The number of aromatic amines is 1. The topological polar surface area (TPSA) is 83.4 Å². The van der Waals surface area contributed by atoms with E-state index in [2.05, 4.69) is 15.2 Å². The Morgan fingerprint density at radius 3 is 2.95 bits per heavy atom. The highest BCUT2D eigenvalue weighted by molar-refractivity contribution is 6.07. The van der Waals surface area contributed by atoms with Gasteiger partial charge in [0.05, 0.1) is 18.8 Å². The van der Waals surface area contributed by atoms with Gasteiger partial charge in [-0.25, -0.2) is 0 Å². The number of ether oxygens (including phenoxy) is 1. The number of carbonyl (C=O) groups is 1. The highest BCUT2D eigenvalue weighted by atomic mass is 16.5. The number of anilines is 1. The minimum Gasteiger partial charge on any atom is -0.399 e. The number of amides is 1. The number of H-pyrrole nitrogens is 1. The molecule has 0 unspecified atom stereocenters. The Hall–Kier alpha value is -2.05. The summed E-state index contributed by atoms with van der Waals surface area (Å²) in [6.45, 7) is 2.52. The lowest BCUT2D eigenvalue weighted by atomic mass is 10.1. The summed E-state index contributed by atoms with van der Waals surface area (Å²) in [5, 5.41) is 3.68. The highest BCUT2D eigenvalue weighted by Crippen LogP contribution is 2.20. The average Bonchev–Trinajstić information content (AvgIpc) is 2.85. The summed E-state index contributed by atoms with van der Waals surface area (Å²) in [7, 11) is 3.99. The van der Waals surface area contributed by atoms with Crippen molar-refractivity contribution in [2.75, 3.05) is 46.1 Å². The Bertz CT molecular complexity index is 607. The van der Waals surface area contributed by atoms with Crippen molar-refractivity contribution < 1.29 is 9.53 Å². The van der Waals surface area contributed by atoms with Crippen molar-refractivity contribution in [3.8, 4) is 0 Å². The first kappa shape index (κ1) is 15.3. The molecule has 4 N–H and O–H groups in total. The van der Waals surface area contributed by atoms with Gasteiger partial charge in [0.1, 0.15) is 0 Å². The van der Waals surface area contributed by atoms with Crippen molar-refractivity contribution >= 4 is 22.5 Å². The molecule has 0 saturated carbocycles. The second-order valence-electron chi connectivity index (χ2n) is 5.18. The van der Waals surface area contributed by atoms with Crippen LogP contribution in [0.15, 0.2) is 24.4 Å². The largest absolute Gasteiger partial charge is 0.399 e. The minimum atomic E-state index is -0.122. The molecule has 0 aliphatic rings. The van der Waals surface area contributed by atoms with E-state index in [4.69, 9.17) is 10.5 Å². The van der Waals surface area contributed by atoms with E-state index in [1.807, 2.05) is 20.2 Å². The van der Waals surface area contributed by atoms with E-state index >= 15 is 0 Å². The number of nitrogen functional groups attached to an aromatic ring is 1. The molecule has 6 nitrogen and oxygen atoms in total. The lowest BCUT2D eigenvalue weighted by Crippen LogP contribution is -2.28. The summed E-state index contributed by atoms with van der Waals surface area (Å²) in [6, 6.07) is 5.47. The van der Waals surface area contributed by atoms with Crippen molar-refractivity contribution in [3.05, 3.63) is 30.0 Å². The van der Waals surface area contributed by atoms with Crippen LogP contribution in [0.5, 0.6) is 0 Å². The number of nitrogens with one attached hydrogen (secondary N) is 2. The fourth-order valence-corrected chi connectivity index (χ4v) is 2.01. The molecule has 0 bridgehead atoms. The van der Waals surface area contributed by atoms with E-state index in [-0.39, 0.29) is 5.91 Å². The van der Waals surface area contributed by atoms with Crippen LogP contribution in [0, 0.1) is 0 Å². The second-order valence-corrected chi connectivity index (χ2v) is 5.18. The molecule has 0 spiro atoms. The summed E-state index contributed by atoms with van der Waals surface area (Å²) < 4.78 is 5.43. The summed E-state index contributed by atoms with van der Waals surface area (Å²) in [5.41, 5.74) is 7.91. The number of rotatable bonds is 7. The first-order valence-electron chi connectivity index (χ1n) is 6.95. The van der Waals surface area contributed by atoms with Gasteiger partial charge >= 0.3 is 0 Å². The number of hydrogen-bond donors (Lipinski definition) is 3. The predicted octanol–water partition coefficient (Wildman–Crippen LogP) is 1.06. The standard InChI is InChI=1S/C15H22N4O2/c1-19(2)6-8-21-7-5-17-15(20)13-10-18-14-4-3-11(16)9-12(13)14/h3-4,9-10,18H,5-8,16H2,1-2H3,(H,17,20). The Labute approximate surface area is 124 Å². The summed E-state index contributed by atoms with van der Waals surface area (Å²) in [6.07, 6.45) is 1.70. The van der Waals surface area contributed by atoms with Gasteiger partial charge in [-0.05, 0) is 32.3 Å². The number of aromatic nitrogens is 1. The number of carbonyl (C=O) groups excluding carboxylic acids is 1. The molecule has 2 rings (SSSR count). The van der Waals surface area contributed by atoms with E-state index in [0.29, 0.717) is 31.0 Å². The van der Waals surface area contributed by atoms with Gasteiger partial charge in [0.2, 0.25) is 0 Å². The van der Waals surface area contributed by atoms with Crippen LogP contribution in [0.3, 0.4) is 0 Å². The van der Waals surface area contributed by atoms with Crippen LogP contribution < -0.4 is 11.1 Å². The molecule has 0 aliphatic heterocycles. The molecule has 0 fully saturated rings. The number of nitrogens with two attached hydrogens (primary N) is 1. The van der Waals surface area contributed by atoms with Gasteiger partial charge in [-0.1, -0.05) is 0 Å². The molecule has 0 aliphatic carbocycles. The third-order valence-corrected chi connectivity index (χ3v) is 3.17. The number of likely N-dealkylation sites (N-methyl/N-ethyl adjacent to an activating group) is 1. The molecule has 0 radical (unpaired) electrons. The zero-order valence-electron chi connectivity index (χ0n) is 12.5. The highest BCUT2D eigenvalue weighted by Gasteiger charge is 2.11. The fourth-order valence-electron chi connectivity index (χ4n) is 2.01. The monoisotopic (exact) mass is 290 g/mol. The molecule has 1 aromatic carbocycles. The Morgan fingerprint density at radius 1 is 1.38 bits per heavy atom. The van der Waals surface area contributed by atoms with Crippen molar-refractivity contribution in [1.29, 1.82) is 0 Å². The van der Waals surface area contributed by atoms with Crippen LogP contribution in [-0.2, 0) is 4.74 Å². The third kappa shape index (κ3) is 4.21. The molecular weight excluding hydrogens is 268 g/mol. The molecule has 114 valence electrons. The maximum atomic E-state index is 12.1. The molecular formula is C15H22N4O2. The van der Waals surface area contributed by atoms with E-state index in [1.165, 1.54) is 0 Å². The van der Waals surface area contributed by atoms with Gasteiger partial charge < -0.3 is 25.7 Å². The molecule has 1 amide bonds. The lowest BCUT2D eigenvalue weighted by Gasteiger charge is -2.10. The van der Waals surface area contributed by atoms with Crippen LogP contribution in [0.25, 0.3) is 10.9 Å². The van der Waals surface area contributed by atoms with Crippen LogP contribution >= 0.6 is 0 Å². The SMILES string of the molecule is CN(C)CCOCCNC(=O)c1c[nH]c2ccc(N)cc12. The van der Waals surface area contributed by atoms with Crippen molar-refractivity contribution in [2.24, 2.45) is 0 Å². The van der Waals surface area contributed by atoms with Gasteiger partial charge in [-0.2, -0.15) is 0 Å². The Balaban J connectivity index is 1.84. The van der Waals surface area contributed by atoms with E-state index in [0.717, 1.165) is 17.4 Å². The van der Waals surface area contributed by atoms with Gasteiger partial charge in [0.25, 0.3) is 5.91 Å². The molecule has 21 heavy (non-hydrogen) atoms. The van der Waals surface area contributed by atoms with Gasteiger partial charge in [-0.15, -0.1) is 0 Å². The maximum Gasteiger partial charge on any atom is 0.253 e. The fraction of sp³-hybridized carbons (Fsp3) is 0.400. The van der Waals surface area contributed by atoms with E-state index < -0.39 is 0 Å². The van der Waals surface area contributed by atoms with Gasteiger partial charge in [0.15, 0.2) is 0 Å². The van der Waals surface area contributed by atoms with Crippen molar-refractivity contribution in [3.63, 3.8) is 0 Å². The Kier molecular flexibility index (Phi) is 5.19. The van der Waals surface area contributed by atoms with Crippen LogP contribution in [0.2, 0.25) is 0 Å². The van der Waals surface area contributed by atoms with Crippen LogP contribution in [0.1, 0.15) is 10.4 Å². The minimum absolute atomic E-state index is 0.122. The molecule has 0 atom stereocenters. The summed E-state index contributed by atoms with van der Waals surface area (Å²) >= 11 is 0. The summed E-state index contributed by atoms with van der Waals surface area (Å²) in [4.78, 5) is 17.3. The van der Waals surface area contributed by atoms with Crippen molar-refractivity contribution in [1.82, 2.24) is 15.2 Å².